The zero-order chi connectivity index (χ0) is 17.7. The van der Waals surface area contributed by atoms with E-state index >= 15 is 0 Å². The van der Waals surface area contributed by atoms with Crippen LogP contribution in [0.25, 0.3) is 0 Å². The number of anilines is 1. The average molecular weight is 395 g/mol. The molecule has 2 N–H and O–H groups in total. The number of rotatable bonds is 6. The maximum atomic E-state index is 12.5. The van der Waals surface area contributed by atoms with E-state index in [1.807, 2.05) is 0 Å². The number of nitrogens with one attached hydrogen (secondary N) is 2. The third-order valence-corrected chi connectivity index (χ3v) is 3.81. The van der Waals surface area contributed by atoms with E-state index in [0.717, 1.165) is 10.0 Å². The molecule has 8 nitrogen and oxygen atoms in total. The summed E-state index contributed by atoms with van der Waals surface area (Å²) < 4.78 is 2.44. The largest absolute Gasteiger partial charge is 0.335 e. The molecule has 0 saturated heterocycles. The lowest BCUT2D eigenvalue weighted by Crippen LogP contribution is -2.41. The van der Waals surface area contributed by atoms with Gasteiger partial charge in [-0.1, -0.05) is 0 Å². The number of carbonyl (C=O) groups is 2. The first kappa shape index (κ1) is 18.1. The quantitative estimate of drug-likeness (QED) is 0.760. The molecule has 24 heavy (non-hydrogen) atoms. The molecule has 2 heterocycles. The van der Waals surface area contributed by atoms with E-state index in [4.69, 9.17) is 0 Å². The summed E-state index contributed by atoms with van der Waals surface area (Å²) in [6.07, 6.45) is 4.97. The van der Waals surface area contributed by atoms with Crippen LogP contribution in [-0.2, 0) is 16.6 Å². The highest BCUT2D eigenvalue weighted by Crippen LogP contribution is 2.14. The van der Waals surface area contributed by atoms with Gasteiger partial charge in [-0.25, -0.2) is 4.98 Å². The lowest BCUT2D eigenvalue weighted by Gasteiger charge is -2.22. The van der Waals surface area contributed by atoms with Gasteiger partial charge in [-0.3, -0.25) is 14.3 Å². The van der Waals surface area contributed by atoms with Crippen LogP contribution in [-0.4, -0.2) is 52.1 Å². The van der Waals surface area contributed by atoms with Crippen molar-refractivity contribution in [1.82, 2.24) is 25.0 Å². The van der Waals surface area contributed by atoms with Gasteiger partial charge in [0, 0.05) is 36.5 Å². The molecule has 0 spiro atoms. The Hall–Kier alpha value is -2.26. The summed E-state index contributed by atoms with van der Waals surface area (Å²) in [7, 11) is 5.05. The van der Waals surface area contributed by atoms with Crippen molar-refractivity contribution in [1.29, 1.82) is 0 Å². The Kier molecular flexibility index (Phi) is 6.04. The van der Waals surface area contributed by atoms with Crippen molar-refractivity contribution in [2.24, 2.45) is 7.05 Å². The molecule has 2 aromatic heterocycles. The van der Waals surface area contributed by atoms with Crippen LogP contribution in [0.2, 0.25) is 0 Å². The number of aryl methyl sites for hydroxylation is 1. The predicted octanol–water partition coefficient (Wildman–Crippen LogP) is 0.935. The average Bonchev–Trinajstić information content (AvgIpc) is 2.96. The first-order valence-electron chi connectivity index (χ1n) is 7.23. The molecule has 0 aliphatic rings. The smallest absolute Gasteiger partial charge is 0.245 e. The van der Waals surface area contributed by atoms with Crippen molar-refractivity contribution >= 4 is 33.6 Å². The Morgan fingerprint density at radius 3 is 2.67 bits per heavy atom. The second kappa shape index (κ2) is 8.02. The van der Waals surface area contributed by atoms with E-state index in [2.05, 4.69) is 36.6 Å². The monoisotopic (exact) mass is 394 g/mol. The van der Waals surface area contributed by atoms with Crippen LogP contribution in [0.5, 0.6) is 0 Å². The van der Waals surface area contributed by atoms with Crippen molar-refractivity contribution < 1.29 is 9.59 Å². The van der Waals surface area contributed by atoms with Crippen LogP contribution in [0, 0.1) is 0 Å². The molecule has 0 aliphatic carbocycles. The fourth-order valence-electron chi connectivity index (χ4n) is 2.17. The fraction of sp³-hybridized carbons (Fsp3) is 0.333. The molecule has 2 rings (SSSR count). The molecular weight excluding hydrogens is 376 g/mol. The molecule has 9 heteroatoms. The molecule has 2 amide bonds. The van der Waals surface area contributed by atoms with Gasteiger partial charge in [0.1, 0.15) is 11.9 Å². The van der Waals surface area contributed by atoms with E-state index < -0.39 is 6.04 Å². The van der Waals surface area contributed by atoms with Crippen molar-refractivity contribution in [2.45, 2.75) is 6.04 Å². The second-order valence-corrected chi connectivity index (χ2v) is 6.19. The van der Waals surface area contributed by atoms with Crippen LogP contribution in [0.15, 0.2) is 35.2 Å². The Bertz CT molecular complexity index is 715. The molecule has 0 saturated carbocycles. The maximum absolute atomic E-state index is 12.5. The highest BCUT2D eigenvalue weighted by atomic mass is 79.9. The van der Waals surface area contributed by atoms with Gasteiger partial charge in [0.2, 0.25) is 11.8 Å². The van der Waals surface area contributed by atoms with Crippen molar-refractivity contribution in [2.75, 3.05) is 26.0 Å². The molecule has 0 bridgehead atoms. The number of likely N-dealkylation sites (N-methyl/N-ethyl adjacent to an activating group) is 2. The van der Waals surface area contributed by atoms with Gasteiger partial charge in [-0.15, -0.1) is 0 Å². The van der Waals surface area contributed by atoms with Gasteiger partial charge in [0.05, 0.1) is 12.7 Å². The second-order valence-electron chi connectivity index (χ2n) is 5.27. The van der Waals surface area contributed by atoms with E-state index in [-0.39, 0.29) is 18.4 Å². The SMILES string of the molecule is CNC(C(=O)N(C)CC(=O)Nc1ccc(Br)cn1)c1cnn(C)c1. The Morgan fingerprint density at radius 1 is 1.38 bits per heavy atom. The zero-order valence-electron chi connectivity index (χ0n) is 13.7. The number of halogens is 1. The van der Waals surface area contributed by atoms with E-state index in [1.165, 1.54) is 4.90 Å². The number of hydrogen-bond acceptors (Lipinski definition) is 5. The first-order valence-corrected chi connectivity index (χ1v) is 8.02. The summed E-state index contributed by atoms with van der Waals surface area (Å²) in [6, 6.07) is 2.90. The molecule has 0 aromatic carbocycles. The third-order valence-electron chi connectivity index (χ3n) is 3.35. The summed E-state index contributed by atoms with van der Waals surface area (Å²) in [5.74, 6) is -0.104. The molecule has 1 atom stereocenters. The Labute approximate surface area is 148 Å². The van der Waals surface area contributed by atoms with Crippen LogP contribution >= 0.6 is 15.9 Å². The van der Waals surface area contributed by atoms with Crippen LogP contribution in [0.4, 0.5) is 5.82 Å². The van der Waals surface area contributed by atoms with E-state index in [1.54, 1.807) is 56.5 Å². The van der Waals surface area contributed by atoms with E-state index in [0.29, 0.717) is 5.82 Å². The van der Waals surface area contributed by atoms with Gasteiger partial charge in [0.15, 0.2) is 0 Å². The molecule has 0 radical (unpaired) electrons. The molecule has 2 aromatic rings. The number of pyridine rings is 1. The number of hydrogen-bond donors (Lipinski definition) is 2. The molecule has 128 valence electrons. The summed E-state index contributed by atoms with van der Waals surface area (Å²) in [5, 5.41) is 9.67. The minimum Gasteiger partial charge on any atom is -0.335 e. The van der Waals surface area contributed by atoms with Crippen molar-refractivity contribution in [3.05, 3.63) is 40.8 Å². The van der Waals surface area contributed by atoms with Gasteiger partial charge < -0.3 is 15.5 Å². The number of carbonyl (C=O) groups excluding carboxylic acids is 2. The molecule has 0 fully saturated rings. The normalized spacial score (nSPS) is 11.8. The Morgan fingerprint density at radius 2 is 2.12 bits per heavy atom. The minimum atomic E-state index is -0.553. The van der Waals surface area contributed by atoms with Crippen LogP contribution < -0.4 is 10.6 Å². The lowest BCUT2D eigenvalue weighted by atomic mass is 10.1. The lowest BCUT2D eigenvalue weighted by molar-refractivity contribution is -0.135. The fourth-order valence-corrected chi connectivity index (χ4v) is 2.40. The predicted molar refractivity (Wildman–Crippen MR) is 93.2 cm³/mol. The maximum Gasteiger partial charge on any atom is 0.245 e. The van der Waals surface area contributed by atoms with E-state index in [9.17, 15) is 9.59 Å². The highest BCUT2D eigenvalue weighted by Gasteiger charge is 2.24. The number of aromatic nitrogens is 3. The zero-order valence-corrected chi connectivity index (χ0v) is 15.2. The summed E-state index contributed by atoms with van der Waals surface area (Å²) >= 11 is 3.28. The molecule has 1 unspecified atom stereocenters. The summed E-state index contributed by atoms with van der Waals surface area (Å²) in [5.41, 5.74) is 0.742. The number of amides is 2. The summed E-state index contributed by atoms with van der Waals surface area (Å²) in [6.45, 7) is -0.0744. The highest BCUT2D eigenvalue weighted by molar-refractivity contribution is 9.10. The Balaban J connectivity index is 1.96. The molecular formula is C15H19BrN6O2. The van der Waals surface area contributed by atoms with Crippen LogP contribution in [0.3, 0.4) is 0 Å². The van der Waals surface area contributed by atoms with Crippen LogP contribution in [0.1, 0.15) is 11.6 Å². The topological polar surface area (TPSA) is 92.2 Å². The van der Waals surface area contributed by atoms with Gasteiger partial charge in [-0.2, -0.15) is 5.10 Å². The standard InChI is InChI=1S/C15H19BrN6O2/c1-17-14(10-6-19-22(3)8-10)15(24)21(2)9-13(23)20-12-5-4-11(16)7-18-12/h4-8,14,17H,9H2,1-3H3,(H,18,20,23). The van der Waals surface area contributed by atoms with Crippen molar-refractivity contribution in [3.8, 4) is 0 Å². The molecule has 0 aliphatic heterocycles. The van der Waals surface area contributed by atoms with Gasteiger partial charge in [-0.05, 0) is 35.1 Å². The summed E-state index contributed by atoms with van der Waals surface area (Å²) in [4.78, 5) is 30.0. The van der Waals surface area contributed by atoms with Gasteiger partial charge in [0.25, 0.3) is 0 Å². The van der Waals surface area contributed by atoms with Crippen molar-refractivity contribution in [3.63, 3.8) is 0 Å². The van der Waals surface area contributed by atoms with Gasteiger partial charge >= 0.3 is 0 Å². The minimum absolute atomic E-state index is 0.0744. The first-order chi connectivity index (χ1) is 11.4. The number of nitrogens with zero attached hydrogens (tertiary/aromatic N) is 4. The third kappa shape index (κ3) is 4.62.